The molecule has 0 bridgehead atoms. The Kier molecular flexibility index (Phi) is 8.28. The van der Waals surface area contributed by atoms with E-state index in [1.54, 1.807) is 22.6 Å². The van der Waals surface area contributed by atoms with Crippen LogP contribution in [0.15, 0.2) is 48.8 Å². The molecule has 0 spiro atoms. The van der Waals surface area contributed by atoms with Crippen LogP contribution in [0, 0.1) is 5.95 Å². The molecule has 1 aliphatic heterocycles. The minimum Gasteiger partial charge on any atom is -0.379 e. The largest absolute Gasteiger partial charge is 0.379 e. The molecule has 34 heavy (non-hydrogen) atoms. The van der Waals surface area contributed by atoms with Gasteiger partial charge < -0.3 is 10.5 Å². The summed E-state index contributed by atoms with van der Waals surface area (Å²) in [5, 5.41) is 0.864. The van der Waals surface area contributed by atoms with Gasteiger partial charge in [0.1, 0.15) is 0 Å². The maximum absolute atomic E-state index is 14.3. The Balaban J connectivity index is 1.64. The standard InChI is InChI=1S/C24H32FN5O3S/c25-24-20(7-6-11-27-24)17-28(14-16-33-15-10-26)18-21-19-30(23-9-3-2-8-22(21)23)34(31,32)29-12-4-1-5-13-29/h2-3,6-9,11,19H,1,4-5,10,12-18,26H2. The van der Waals surface area contributed by atoms with Gasteiger partial charge in [0.25, 0.3) is 0 Å². The number of pyridine rings is 1. The first-order valence-corrected chi connectivity index (χ1v) is 13.1. The number of piperidine rings is 1. The second-order valence-corrected chi connectivity index (χ2v) is 10.3. The lowest BCUT2D eigenvalue weighted by atomic mass is 10.1. The van der Waals surface area contributed by atoms with E-state index in [1.165, 1.54) is 10.2 Å². The molecule has 2 N–H and O–H groups in total. The first kappa shape index (κ1) is 24.7. The maximum atomic E-state index is 14.3. The predicted octanol–water partition coefficient (Wildman–Crippen LogP) is 2.73. The quantitative estimate of drug-likeness (QED) is 0.329. The number of benzene rings is 1. The highest BCUT2D eigenvalue weighted by molar-refractivity contribution is 7.87. The molecule has 1 saturated heterocycles. The third kappa shape index (κ3) is 5.64. The summed E-state index contributed by atoms with van der Waals surface area (Å²) < 4.78 is 49.7. The van der Waals surface area contributed by atoms with Crippen molar-refractivity contribution in [3.05, 3.63) is 65.9 Å². The van der Waals surface area contributed by atoms with Crippen LogP contribution >= 0.6 is 0 Å². The smallest absolute Gasteiger partial charge is 0.307 e. The number of ether oxygens (including phenoxy) is 1. The molecule has 10 heteroatoms. The van der Waals surface area contributed by atoms with Gasteiger partial charge in [0, 0.05) is 62.6 Å². The van der Waals surface area contributed by atoms with Crippen LogP contribution in [0.2, 0.25) is 0 Å². The highest BCUT2D eigenvalue weighted by Crippen LogP contribution is 2.27. The molecule has 4 rings (SSSR count). The fraction of sp³-hybridized carbons (Fsp3) is 0.458. The van der Waals surface area contributed by atoms with Gasteiger partial charge in [-0.05, 0) is 30.5 Å². The van der Waals surface area contributed by atoms with Crippen molar-refractivity contribution in [2.45, 2.75) is 32.4 Å². The highest BCUT2D eigenvalue weighted by Gasteiger charge is 2.28. The third-order valence-electron chi connectivity index (χ3n) is 6.09. The van der Waals surface area contributed by atoms with E-state index < -0.39 is 16.2 Å². The average Bonchev–Trinajstić information content (AvgIpc) is 3.23. The Hall–Kier alpha value is -2.37. The van der Waals surface area contributed by atoms with Crippen LogP contribution in [0.4, 0.5) is 4.39 Å². The molecule has 0 atom stereocenters. The van der Waals surface area contributed by atoms with Crippen molar-refractivity contribution in [2.24, 2.45) is 5.73 Å². The van der Waals surface area contributed by atoms with E-state index >= 15 is 0 Å². The monoisotopic (exact) mass is 489 g/mol. The molecule has 0 aliphatic carbocycles. The average molecular weight is 490 g/mol. The molecule has 3 heterocycles. The van der Waals surface area contributed by atoms with Crippen molar-refractivity contribution in [1.82, 2.24) is 18.2 Å². The molecule has 1 aliphatic rings. The summed E-state index contributed by atoms with van der Waals surface area (Å²) in [5.41, 5.74) is 7.51. The third-order valence-corrected chi connectivity index (χ3v) is 7.91. The van der Waals surface area contributed by atoms with E-state index in [2.05, 4.69) is 4.98 Å². The van der Waals surface area contributed by atoms with Gasteiger partial charge in [-0.2, -0.15) is 17.1 Å². The van der Waals surface area contributed by atoms with Gasteiger partial charge in [-0.25, -0.2) is 8.96 Å². The summed E-state index contributed by atoms with van der Waals surface area (Å²) in [5.74, 6) is -0.509. The zero-order valence-corrected chi connectivity index (χ0v) is 20.1. The highest BCUT2D eigenvalue weighted by atomic mass is 32.2. The molecule has 2 aromatic heterocycles. The molecular weight excluding hydrogens is 457 g/mol. The first-order valence-electron chi connectivity index (χ1n) is 11.7. The van der Waals surface area contributed by atoms with Gasteiger partial charge >= 0.3 is 10.2 Å². The van der Waals surface area contributed by atoms with Gasteiger partial charge in [0.05, 0.1) is 18.7 Å². The predicted molar refractivity (Wildman–Crippen MR) is 130 cm³/mol. The summed E-state index contributed by atoms with van der Waals surface area (Å²) in [6, 6.07) is 10.9. The Morgan fingerprint density at radius 2 is 1.79 bits per heavy atom. The van der Waals surface area contributed by atoms with E-state index in [9.17, 15) is 12.8 Å². The van der Waals surface area contributed by atoms with Crippen LogP contribution in [0.5, 0.6) is 0 Å². The van der Waals surface area contributed by atoms with Crippen LogP contribution in [0.25, 0.3) is 10.9 Å². The molecular formula is C24H32FN5O3S. The summed E-state index contributed by atoms with van der Waals surface area (Å²) in [6.07, 6.45) is 5.93. The Bertz CT molecular complexity index is 1190. The van der Waals surface area contributed by atoms with E-state index in [1.807, 2.05) is 29.2 Å². The summed E-state index contributed by atoms with van der Waals surface area (Å²) >= 11 is 0. The van der Waals surface area contributed by atoms with Crippen molar-refractivity contribution in [3.8, 4) is 0 Å². The Morgan fingerprint density at radius 3 is 2.56 bits per heavy atom. The Labute approximate surface area is 200 Å². The molecule has 184 valence electrons. The number of hydrogen-bond acceptors (Lipinski definition) is 6. The zero-order chi connectivity index (χ0) is 24.0. The second kappa shape index (κ2) is 11.4. The van der Waals surface area contributed by atoms with Crippen LogP contribution in [0.1, 0.15) is 30.4 Å². The number of nitrogens with two attached hydrogens (primary N) is 1. The fourth-order valence-electron chi connectivity index (χ4n) is 4.37. The van der Waals surface area contributed by atoms with Crippen molar-refractivity contribution in [1.29, 1.82) is 0 Å². The molecule has 0 saturated carbocycles. The van der Waals surface area contributed by atoms with E-state index in [4.69, 9.17) is 10.5 Å². The minimum absolute atomic E-state index is 0.323. The minimum atomic E-state index is -3.67. The SMILES string of the molecule is NCCOCCN(Cc1cccnc1F)Cc1cn(S(=O)(=O)N2CCCCC2)c2ccccc12. The topological polar surface area (TPSA) is 93.7 Å². The van der Waals surface area contributed by atoms with Crippen molar-refractivity contribution in [2.75, 3.05) is 39.4 Å². The van der Waals surface area contributed by atoms with Crippen molar-refractivity contribution >= 4 is 21.1 Å². The van der Waals surface area contributed by atoms with Gasteiger partial charge in [-0.15, -0.1) is 0 Å². The van der Waals surface area contributed by atoms with Crippen molar-refractivity contribution < 1.29 is 17.5 Å². The van der Waals surface area contributed by atoms with E-state index in [0.29, 0.717) is 63.6 Å². The van der Waals surface area contributed by atoms with Gasteiger partial charge in [0.2, 0.25) is 5.95 Å². The number of para-hydroxylation sites is 1. The molecule has 0 radical (unpaired) electrons. The van der Waals surface area contributed by atoms with Crippen molar-refractivity contribution in [3.63, 3.8) is 0 Å². The first-order chi connectivity index (χ1) is 16.5. The molecule has 8 nitrogen and oxygen atoms in total. The zero-order valence-electron chi connectivity index (χ0n) is 19.3. The van der Waals surface area contributed by atoms with Crippen LogP contribution in [-0.2, 0) is 28.0 Å². The molecule has 3 aromatic rings. The van der Waals surface area contributed by atoms with Crippen LogP contribution in [-0.4, -0.2) is 66.0 Å². The Morgan fingerprint density at radius 1 is 1.03 bits per heavy atom. The summed E-state index contributed by atoms with van der Waals surface area (Å²) in [4.78, 5) is 5.79. The number of hydrogen-bond donors (Lipinski definition) is 1. The lowest BCUT2D eigenvalue weighted by Gasteiger charge is -2.26. The number of aromatic nitrogens is 2. The molecule has 0 unspecified atom stereocenters. The lowest BCUT2D eigenvalue weighted by Crippen LogP contribution is -2.39. The normalized spacial score (nSPS) is 15.4. The molecule has 0 amide bonds. The number of rotatable bonds is 11. The lowest BCUT2D eigenvalue weighted by molar-refractivity contribution is 0.103. The number of nitrogens with zero attached hydrogens (tertiary/aromatic N) is 4. The second-order valence-electron chi connectivity index (χ2n) is 8.50. The maximum Gasteiger partial charge on any atom is 0.307 e. The van der Waals surface area contributed by atoms with Crippen LogP contribution in [0.3, 0.4) is 0 Å². The fourth-order valence-corrected chi connectivity index (χ4v) is 6.00. The molecule has 1 fully saturated rings. The number of halogens is 1. The van der Waals surface area contributed by atoms with Gasteiger partial charge in [-0.1, -0.05) is 30.7 Å². The van der Waals surface area contributed by atoms with Gasteiger partial charge in [0.15, 0.2) is 0 Å². The molecule has 1 aromatic carbocycles. The number of fused-ring (bicyclic) bond motifs is 1. The summed E-state index contributed by atoms with van der Waals surface area (Å²) in [6.45, 7) is 3.68. The van der Waals surface area contributed by atoms with Gasteiger partial charge in [-0.3, -0.25) is 4.90 Å². The summed E-state index contributed by atoms with van der Waals surface area (Å²) in [7, 11) is -3.67. The van der Waals surface area contributed by atoms with E-state index in [0.717, 1.165) is 30.2 Å². The van der Waals surface area contributed by atoms with Crippen LogP contribution < -0.4 is 5.73 Å². The van der Waals surface area contributed by atoms with E-state index in [-0.39, 0.29) is 0 Å².